The minimum atomic E-state index is -0.271. The van der Waals surface area contributed by atoms with Crippen LogP contribution in [0.15, 0.2) is 67.1 Å². The summed E-state index contributed by atoms with van der Waals surface area (Å²) >= 11 is 0. The van der Waals surface area contributed by atoms with Crippen molar-refractivity contribution < 1.29 is 9.59 Å². The van der Waals surface area contributed by atoms with Gasteiger partial charge in [-0.25, -0.2) is 9.97 Å². The van der Waals surface area contributed by atoms with Gasteiger partial charge in [0.25, 0.3) is 5.91 Å². The first-order chi connectivity index (χ1) is 14.6. The Morgan fingerprint density at radius 3 is 2.70 bits per heavy atom. The molecule has 2 heterocycles. The predicted molar refractivity (Wildman–Crippen MR) is 116 cm³/mol. The van der Waals surface area contributed by atoms with Crippen LogP contribution in [-0.4, -0.2) is 33.2 Å². The number of para-hydroxylation sites is 1. The van der Waals surface area contributed by atoms with Crippen molar-refractivity contribution in [3.05, 3.63) is 83.9 Å². The summed E-state index contributed by atoms with van der Waals surface area (Å²) < 4.78 is 0. The van der Waals surface area contributed by atoms with E-state index in [0.29, 0.717) is 17.9 Å². The number of carbonyl (C=O) groups is 2. The normalized spacial score (nSPS) is 10.7. The molecule has 3 N–H and O–H groups in total. The van der Waals surface area contributed by atoms with Crippen LogP contribution >= 0.6 is 0 Å². The number of nitrogens with zero attached hydrogens (tertiary/aromatic N) is 2. The van der Waals surface area contributed by atoms with Gasteiger partial charge in [-0.1, -0.05) is 30.3 Å². The molecule has 0 aliphatic heterocycles. The largest absolute Gasteiger partial charge is 0.361 e. The molecule has 2 aromatic heterocycles. The molecule has 0 radical (unpaired) electrons. The summed E-state index contributed by atoms with van der Waals surface area (Å²) in [7, 11) is 0. The molecule has 0 fully saturated rings. The molecule has 0 saturated carbocycles. The van der Waals surface area contributed by atoms with E-state index in [2.05, 4.69) is 31.7 Å². The summed E-state index contributed by atoms with van der Waals surface area (Å²) in [5.74, 6) is 0.211. The zero-order chi connectivity index (χ0) is 20.9. The van der Waals surface area contributed by atoms with Crippen molar-refractivity contribution in [3.8, 4) is 0 Å². The van der Waals surface area contributed by atoms with Gasteiger partial charge in [0.2, 0.25) is 0 Å². The molecule has 0 unspecified atom stereocenters. The number of aromatic amines is 1. The number of aromatic nitrogens is 3. The minimum absolute atomic E-state index is 0.00982. The minimum Gasteiger partial charge on any atom is -0.361 e. The highest BCUT2D eigenvalue weighted by Crippen LogP contribution is 2.18. The summed E-state index contributed by atoms with van der Waals surface area (Å²) in [5, 5.41) is 7.12. The average Bonchev–Trinajstić information content (AvgIpc) is 3.17. The van der Waals surface area contributed by atoms with E-state index in [1.165, 1.54) is 19.3 Å². The van der Waals surface area contributed by atoms with E-state index in [4.69, 9.17) is 0 Å². The fourth-order valence-electron chi connectivity index (χ4n) is 3.21. The highest BCUT2D eigenvalue weighted by atomic mass is 16.1. The van der Waals surface area contributed by atoms with Gasteiger partial charge < -0.3 is 15.6 Å². The third kappa shape index (κ3) is 4.35. The first-order valence-corrected chi connectivity index (χ1v) is 9.63. The number of carbonyl (C=O) groups excluding carboxylic acids is 2. The summed E-state index contributed by atoms with van der Waals surface area (Å²) in [6.45, 7) is 2.02. The molecule has 4 rings (SSSR count). The number of benzene rings is 2. The van der Waals surface area contributed by atoms with Gasteiger partial charge in [0.15, 0.2) is 5.78 Å². The summed E-state index contributed by atoms with van der Waals surface area (Å²) in [6.07, 6.45) is 5.61. The number of rotatable bonds is 7. The van der Waals surface area contributed by atoms with E-state index in [0.717, 1.165) is 28.6 Å². The molecule has 0 saturated heterocycles. The maximum absolute atomic E-state index is 12.3. The number of H-pyrrole nitrogens is 1. The van der Waals surface area contributed by atoms with Crippen LogP contribution in [-0.2, 0) is 6.42 Å². The van der Waals surface area contributed by atoms with Gasteiger partial charge in [-0.05, 0) is 37.1 Å². The Kier molecular flexibility index (Phi) is 5.52. The molecule has 150 valence electrons. The number of Topliss-reactive ketones (excluding diaryl/α,β-unsaturated/α-hetero) is 1. The number of hydrogen-bond donors (Lipinski definition) is 3. The van der Waals surface area contributed by atoms with Crippen molar-refractivity contribution in [2.24, 2.45) is 0 Å². The number of hydrogen-bond acceptors (Lipinski definition) is 5. The van der Waals surface area contributed by atoms with Gasteiger partial charge in [-0.15, -0.1) is 0 Å². The molecule has 0 aliphatic rings. The molecule has 0 bridgehead atoms. The van der Waals surface area contributed by atoms with Crippen LogP contribution in [0.2, 0.25) is 0 Å². The second-order valence-corrected chi connectivity index (χ2v) is 6.91. The lowest BCUT2D eigenvalue weighted by Gasteiger charge is -2.08. The standard InChI is InChI=1S/C23H21N5O2/c1-15(29)16-5-4-6-18(11-16)28-22-14-26-21(13-27-22)23(30)24-10-9-17-12-25-20-8-3-2-7-19(17)20/h2-8,11-14,25H,9-10H2,1H3,(H,24,30)(H,27,28). The third-order valence-corrected chi connectivity index (χ3v) is 4.78. The van der Waals surface area contributed by atoms with Crippen LogP contribution in [0.1, 0.15) is 33.3 Å². The molecule has 0 aliphatic carbocycles. The molecule has 1 amide bonds. The van der Waals surface area contributed by atoms with Gasteiger partial charge in [0, 0.05) is 34.9 Å². The first-order valence-electron chi connectivity index (χ1n) is 9.63. The van der Waals surface area contributed by atoms with Crippen LogP contribution in [0.3, 0.4) is 0 Å². The summed E-state index contributed by atoms with van der Waals surface area (Å²) in [5.41, 5.74) is 3.83. The average molecular weight is 399 g/mol. The van der Waals surface area contributed by atoms with Crippen molar-refractivity contribution in [3.63, 3.8) is 0 Å². The zero-order valence-electron chi connectivity index (χ0n) is 16.5. The van der Waals surface area contributed by atoms with Gasteiger partial charge in [0.1, 0.15) is 11.5 Å². The maximum atomic E-state index is 12.3. The van der Waals surface area contributed by atoms with Crippen LogP contribution in [0.4, 0.5) is 11.5 Å². The van der Waals surface area contributed by atoms with Crippen LogP contribution in [0, 0.1) is 0 Å². The number of ketones is 1. The smallest absolute Gasteiger partial charge is 0.271 e. The van der Waals surface area contributed by atoms with E-state index >= 15 is 0 Å². The molecule has 30 heavy (non-hydrogen) atoms. The summed E-state index contributed by atoms with van der Waals surface area (Å²) in [6, 6.07) is 15.2. The Labute approximate surface area is 173 Å². The van der Waals surface area contributed by atoms with Crippen molar-refractivity contribution >= 4 is 34.1 Å². The topological polar surface area (TPSA) is 99.8 Å². The van der Waals surface area contributed by atoms with E-state index in [1.807, 2.05) is 30.5 Å². The number of fused-ring (bicyclic) bond motifs is 1. The second-order valence-electron chi connectivity index (χ2n) is 6.91. The van der Waals surface area contributed by atoms with Crippen molar-refractivity contribution in [1.29, 1.82) is 0 Å². The number of amides is 1. The lowest BCUT2D eigenvalue weighted by atomic mass is 10.1. The van der Waals surface area contributed by atoms with Crippen LogP contribution in [0.5, 0.6) is 0 Å². The van der Waals surface area contributed by atoms with Gasteiger partial charge in [0.05, 0.1) is 12.4 Å². The van der Waals surface area contributed by atoms with Crippen LogP contribution < -0.4 is 10.6 Å². The highest BCUT2D eigenvalue weighted by Gasteiger charge is 2.09. The van der Waals surface area contributed by atoms with Crippen molar-refractivity contribution in [1.82, 2.24) is 20.3 Å². The molecule has 0 spiro atoms. The predicted octanol–water partition coefficient (Wildman–Crippen LogP) is 3.88. The lowest BCUT2D eigenvalue weighted by molar-refractivity contribution is 0.0948. The molecule has 7 nitrogen and oxygen atoms in total. The number of nitrogens with one attached hydrogen (secondary N) is 3. The van der Waals surface area contributed by atoms with Gasteiger partial charge in [-0.2, -0.15) is 0 Å². The Balaban J connectivity index is 1.34. The highest BCUT2D eigenvalue weighted by molar-refractivity contribution is 5.95. The van der Waals surface area contributed by atoms with Gasteiger partial charge in [-0.3, -0.25) is 9.59 Å². The molecule has 4 aromatic rings. The molecule has 7 heteroatoms. The third-order valence-electron chi connectivity index (χ3n) is 4.78. The fraction of sp³-hybridized carbons (Fsp3) is 0.130. The van der Waals surface area contributed by atoms with Crippen LogP contribution in [0.25, 0.3) is 10.9 Å². The van der Waals surface area contributed by atoms with E-state index < -0.39 is 0 Å². The Morgan fingerprint density at radius 2 is 1.90 bits per heavy atom. The SMILES string of the molecule is CC(=O)c1cccc(Nc2cnc(C(=O)NCCc3c[nH]c4ccccc34)cn2)c1. The Morgan fingerprint density at radius 1 is 1.03 bits per heavy atom. The monoisotopic (exact) mass is 399 g/mol. The second kappa shape index (κ2) is 8.57. The van der Waals surface area contributed by atoms with Crippen molar-refractivity contribution in [2.75, 3.05) is 11.9 Å². The Bertz CT molecular complexity index is 1200. The Hall–Kier alpha value is -4.00. The molecular weight excluding hydrogens is 378 g/mol. The zero-order valence-corrected chi connectivity index (χ0v) is 16.5. The molecular formula is C23H21N5O2. The maximum Gasteiger partial charge on any atom is 0.271 e. The number of anilines is 2. The fourth-order valence-corrected chi connectivity index (χ4v) is 3.21. The first kappa shape index (κ1) is 19.3. The summed E-state index contributed by atoms with van der Waals surface area (Å²) in [4.78, 5) is 35.5. The van der Waals surface area contributed by atoms with Crippen molar-refractivity contribution in [2.45, 2.75) is 13.3 Å². The molecule has 0 atom stereocenters. The lowest BCUT2D eigenvalue weighted by Crippen LogP contribution is -2.26. The molecule has 2 aromatic carbocycles. The van der Waals surface area contributed by atoms with E-state index in [9.17, 15) is 9.59 Å². The van der Waals surface area contributed by atoms with E-state index in [-0.39, 0.29) is 17.4 Å². The van der Waals surface area contributed by atoms with E-state index in [1.54, 1.807) is 18.2 Å². The quantitative estimate of drug-likeness (QED) is 0.410. The van der Waals surface area contributed by atoms with Gasteiger partial charge >= 0.3 is 0 Å².